The van der Waals surface area contributed by atoms with Crippen LogP contribution in [0.4, 0.5) is 0 Å². The van der Waals surface area contributed by atoms with Crippen molar-refractivity contribution < 1.29 is 23.8 Å². The van der Waals surface area contributed by atoms with Gasteiger partial charge in [-0.2, -0.15) is 0 Å². The van der Waals surface area contributed by atoms with Crippen LogP contribution in [0.25, 0.3) is 11.0 Å². The summed E-state index contributed by atoms with van der Waals surface area (Å²) in [6, 6.07) is 51.2. The average Bonchev–Trinajstić information content (AvgIpc) is 4.05. The zero-order chi connectivity index (χ0) is 57.6. The minimum Gasteiger partial charge on any atom is -0.490 e. The molecule has 2 amide bonds. The number of ether oxygens (including phenoxy) is 3. The van der Waals surface area contributed by atoms with E-state index in [0.29, 0.717) is 42.2 Å². The fourth-order valence-electron chi connectivity index (χ4n) is 12.5. The number of hydrogen-bond acceptors (Lipinski definition) is 7. The predicted molar refractivity (Wildman–Crippen MR) is 334 cm³/mol. The molecule has 10 nitrogen and oxygen atoms in total. The Hall–Kier alpha value is -6.91. The van der Waals surface area contributed by atoms with Crippen LogP contribution in [0.3, 0.4) is 0 Å². The molecule has 3 N–H and O–H groups in total. The molecule has 0 bridgehead atoms. The second-order valence-corrected chi connectivity index (χ2v) is 24.2. The smallest absolute Gasteiger partial charge is 0.251 e. The first-order valence-electron chi connectivity index (χ1n) is 30.8. The monoisotopic (exact) mass is 1110 g/mol. The Kier molecular flexibility index (Phi) is 23.5. The van der Waals surface area contributed by atoms with Gasteiger partial charge in [-0.3, -0.25) is 9.59 Å². The average molecular weight is 1110 g/mol. The molecule has 10 heteroatoms. The maximum atomic E-state index is 12.2. The molecular formula is C72H93N5O5. The zero-order valence-electron chi connectivity index (χ0n) is 50.2. The summed E-state index contributed by atoms with van der Waals surface area (Å²) in [5.41, 5.74) is 9.07. The number of carbonyl (C=O) groups is 2. The van der Waals surface area contributed by atoms with Crippen molar-refractivity contribution in [2.45, 2.75) is 157 Å². The largest absolute Gasteiger partial charge is 0.490 e. The number of nitrogens with zero attached hydrogens (tertiary/aromatic N) is 2. The number of carbonyl (C=O) groups excluding carboxylic acids is 2. The Morgan fingerprint density at radius 2 is 1.05 bits per heavy atom. The highest BCUT2D eigenvalue weighted by atomic mass is 16.5. The molecule has 0 radical (unpaired) electrons. The Morgan fingerprint density at radius 3 is 1.55 bits per heavy atom. The van der Waals surface area contributed by atoms with Gasteiger partial charge < -0.3 is 34.7 Å². The first-order valence-corrected chi connectivity index (χ1v) is 30.8. The second-order valence-electron chi connectivity index (χ2n) is 24.2. The molecule has 7 unspecified atom stereocenters. The number of rotatable bonds is 20. The third-order valence-corrected chi connectivity index (χ3v) is 17.4. The van der Waals surface area contributed by atoms with Crippen molar-refractivity contribution in [3.8, 4) is 17.2 Å². The van der Waals surface area contributed by atoms with Gasteiger partial charge in [-0.05, 0) is 228 Å². The van der Waals surface area contributed by atoms with Crippen LogP contribution < -0.4 is 24.8 Å². The molecule has 7 aromatic rings. The quantitative estimate of drug-likeness (QED) is 0.0696. The maximum Gasteiger partial charge on any atom is 0.251 e. The number of benzene rings is 6. The molecule has 1 aromatic heterocycles. The van der Waals surface area contributed by atoms with Crippen molar-refractivity contribution in [1.82, 2.24) is 25.5 Å². The number of aromatic nitrogens is 2. The highest BCUT2D eigenvalue weighted by Gasteiger charge is 2.31. The van der Waals surface area contributed by atoms with E-state index < -0.39 is 0 Å². The maximum absolute atomic E-state index is 12.2. The van der Waals surface area contributed by atoms with Gasteiger partial charge in [0.1, 0.15) is 17.2 Å². The third kappa shape index (κ3) is 19.6. The molecule has 10 rings (SSSR count). The van der Waals surface area contributed by atoms with E-state index in [2.05, 4.69) is 153 Å². The van der Waals surface area contributed by atoms with Crippen molar-refractivity contribution in [3.05, 3.63) is 191 Å². The molecule has 6 aromatic carbocycles. The molecule has 1 heterocycles. The topological polar surface area (TPSA) is 118 Å². The van der Waals surface area contributed by atoms with E-state index in [1.165, 1.54) is 72.8 Å². The van der Waals surface area contributed by atoms with E-state index in [9.17, 15) is 9.59 Å². The van der Waals surface area contributed by atoms with Gasteiger partial charge in [0.05, 0.1) is 35.7 Å². The number of aromatic amines is 1. The Labute approximate surface area is 490 Å². The molecule has 3 fully saturated rings. The van der Waals surface area contributed by atoms with Crippen LogP contribution >= 0.6 is 0 Å². The van der Waals surface area contributed by atoms with Crippen molar-refractivity contribution in [3.63, 3.8) is 0 Å². The van der Waals surface area contributed by atoms with Gasteiger partial charge >= 0.3 is 0 Å². The molecule has 3 aliphatic carbocycles. The molecule has 0 saturated heterocycles. The fraction of sp³-hybridized carbons (Fsp3) is 0.458. The fourth-order valence-corrected chi connectivity index (χ4v) is 12.5. The summed E-state index contributed by atoms with van der Waals surface area (Å²) in [7, 11) is 0. The number of H-pyrrole nitrogens is 1. The Morgan fingerprint density at radius 1 is 0.561 bits per heavy atom. The molecular weight excluding hydrogens is 1010 g/mol. The summed E-state index contributed by atoms with van der Waals surface area (Å²) in [4.78, 5) is 33.9. The van der Waals surface area contributed by atoms with Crippen LogP contribution in [0.2, 0.25) is 0 Å². The summed E-state index contributed by atoms with van der Waals surface area (Å²) in [5, 5.41) is 6.74. The van der Waals surface area contributed by atoms with Crippen molar-refractivity contribution in [2.75, 3.05) is 19.6 Å². The van der Waals surface area contributed by atoms with Crippen LogP contribution in [-0.4, -0.2) is 64.6 Å². The van der Waals surface area contributed by atoms with Crippen molar-refractivity contribution in [2.24, 2.45) is 35.5 Å². The van der Waals surface area contributed by atoms with Gasteiger partial charge in [0.25, 0.3) is 5.91 Å². The molecule has 3 saturated carbocycles. The summed E-state index contributed by atoms with van der Waals surface area (Å²) >= 11 is 0. The van der Waals surface area contributed by atoms with Crippen LogP contribution in [-0.2, 0) is 17.9 Å². The molecule has 0 aliphatic heterocycles. The minimum atomic E-state index is 0.0146. The minimum absolute atomic E-state index is 0.0146. The Balaban J connectivity index is 0.000000161. The number of aryl methyl sites for hydroxylation is 3. The number of hydrogen-bond donors (Lipinski definition) is 3. The van der Waals surface area contributed by atoms with E-state index in [1.54, 1.807) is 13.3 Å². The summed E-state index contributed by atoms with van der Waals surface area (Å²) in [6.45, 7) is 19.1. The van der Waals surface area contributed by atoms with Gasteiger partial charge in [-0.25, -0.2) is 4.98 Å². The Bertz CT molecular complexity index is 3020. The van der Waals surface area contributed by atoms with E-state index >= 15 is 0 Å². The third-order valence-electron chi connectivity index (χ3n) is 17.4. The van der Waals surface area contributed by atoms with Crippen LogP contribution in [0.15, 0.2) is 158 Å². The lowest BCUT2D eigenvalue weighted by molar-refractivity contribution is -0.130. The zero-order valence-corrected chi connectivity index (χ0v) is 50.2. The number of fused-ring (bicyclic) bond motifs is 1. The van der Waals surface area contributed by atoms with E-state index in [0.717, 1.165) is 98.0 Å². The summed E-state index contributed by atoms with van der Waals surface area (Å²) in [6.07, 6.45) is 16.8. The van der Waals surface area contributed by atoms with Crippen molar-refractivity contribution >= 4 is 22.8 Å². The molecule has 9 atom stereocenters. The summed E-state index contributed by atoms with van der Waals surface area (Å²) in [5.74, 6) is 6.63. The first kappa shape index (κ1) is 61.2. The van der Waals surface area contributed by atoms with Gasteiger partial charge in [0.2, 0.25) is 5.91 Å². The van der Waals surface area contributed by atoms with E-state index in [1.807, 2.05) is 65.6 Å². The number of amides is 2. The molecule has 0 spiro atoms. The van der Waals surface area contributed by atoms with Crippen LogP contribution in [0.5, 0.6) is 17.2 Å². The van der Waals surface area contributed by atoms with Gasteiger partial charge in [0.15, 0.2) is 0 Å². The highest BCUT2D eigenvalue weighted by Crippen LogP contribution is 2.36. The second kappa shape index (κ2) is 31.5. The van der Waals surface area contributed by atoms with Gasteiger partial charge in [-0.15, -0.1) is 0 Å². The first-order chi connectivity index (χ1) is 39.8. The van der Waals surface area contributed by atoms with Gasteiger partial charge in [0, 0.05) is 38.7 Å². The van der Waals surface area contributed by atoms with E-state index in [4.69, 9.17) is 14.2 Å². The number of imidazole rings is 1. The molecule has 436 valence electrons. The lowest BCUT2D eigenvalue weighted by Gasteiger charge is -2.35. The van der Waals surface area contributed by atoms with E-state index in [-0.39, 0.29) is 24.0 Å². The van der Waals surface area contributed by atoms with Crippen LogP contribution in [0, 0.1) is 56.3 Å². The lowest BCUT2D eigenvalue weighted by Crippen LogP contribution is -2.37. The van der Waals surface area contributed by atoms with Crippen molar-refractivity contribution in [1.29, 1.82) is 0 Å². The van der Waals surface area contributed by atoms with Crippen LogP contribution in [0.1, 0.15) is 143 Å². The summed E-state index contributed by atoms with van der Waals surface area (Å²) < 4.78 is 18.8. The molecule has 3 aliphatic rings. The SMILES string of the molecule is CC(=O)N(Cc1ccccc1)CC(C)C1CCC[C@@H](Oc2cccc(C)c2)C1.Cc1cccc(OC2CCCC(C(C)CNC(=O)c3ccccc3)C2)c1.Cc1cccc(O[C@@H]2CCCC(C(C)CNCc3ccc4nc[nH]c4c3)C2)c1. The standard InChI is InChI=1S/C25H33NO2.C24H31N3O.C23H29NO2/c1-19-9-7-13-24(15-19)28-25-14-8-12-23(16-25)20(2)17-26(21(3)27)18-22-10-5-4-6-11-22;1-17-5-3-7-21(11-17)28-22-8-4-6-20(13-22)18(2)14-25-15-19-9-10-23-24(12-19)27-16-26-23;1-17-8-6-12-21(14-17)26-22-13-7-11-20(15-22)18(2)16-24-23(25)19-9-4-3-5-10-19/h4-7,9-11,13,15,20,23,25H,8,12,14,16-18H2,1-3H3;3,5,7,9-12,16,18,20,22,25H,4,6,8,13-15H2,1-2H3,(H,26,27);3-6,8-10,12,14,18,20,22H,7,11,13,15-16H2,1-2H3,(H,24,25)/t20?,23?,25-;18?,20?,22-;/m11./s1. The predicted octanol–water partition coefficient (Wildman–Crippen LogP) is 15.9. The van der Waals surface area contributed by atoms with Gasteiger partial charge in [-0.1, -0.05) is 112 Å². The lowest BCUT2D eigenvalue weighted by atomic mass is 9.79. The molecule has 82 heavy (non-hydrogen) atoms. The number of nitrogens with one attached hydrogen (secondary N) is 3. The highest BCUT2D eigenvalue weighted by molar-refractivity contribution is 5.94. The normalized spacial score (nSPS) is 20.8.